The summed E-state index contributed by atoms with van der Waals surface area (Å²) in [6, 6.07) is 3.75. The zero-order valence-corrected chi connectivity index (χ0v) is 12.5. The molecule has 0 bridgehead atoms. The van der Waals surface area contributed by atoms with Crippen molar-refractivity contribution in [3.63, 3.8) is 0 Å². The quantitative estimate of drug-likeness (QED) is 0.753. The molecule has 0 spiro atoms. The van der Waals surface area contributed by atoms with E-state index in [0.717, 1.165) is 25.0 Å². The molecule has 0 aliphatic heterocycles. The third-order valence-corrected chi connectivity index (χ3v) is 4.23. The van der Waals surface area contributed by atoms with E-state index in [9.17, 15) is 9.90 Å². The Hall–Kier alpha value is -1.62. The van der Waals surface area contributed by atoms with Gasteiger partial charge in [0.1, 0.15) is 5.75 Å². The molecule has 116 valence electrons. The molecular weight excluding hydrogens is 268 g/mol. The number of aromatic nitrogens is 1. The number of aliphatic hydroxyl groups is 1. The van der Waals surface area contributed by atoms with E-state index in [4.69, 9.17) is 4.74 Å². The molecule has 2 N–H and O–H groups in total. The van der Waals surface area contributed by atoms with Crippen molar-refractivity contribution in [1.82, 2.24) is 10.3 Å². The molecule has 1 aromatic rings. The average Bonchev–Trinajstić information content (AvgIpc) is 2.86. The molecule has 1 heterocycles. The van der Waals surface area contributed by atoms with Gasteiger partial charge in [-0.05, 0) is 31.4 Å². The lowest BCUT2D eigenvalue weighted by atomic mass is 9.86. The van der Waals surface area contributed by atoms with Crippen LogP contribution in [-0.4, -0.2) is 35.3 Å². The summed E-state index contributed by atoms with van der Waals surface area (Å²) in [4.78, 5) is 15.9. The van der Waals surface area contributed by atoms with E-state index in [2.05, 4.69) is 10.3 Å². The molecule has 5 heteroatoms. The Morgan fingerprint density at radius 3 is 3.19 bits per heavy atom. The van der Waals surface area contributed by atoms with Gasteiger partial charge in [-0.3, -0.25) is 9.78 Å². The van der Waals surface area contributed by atoms with Crippen molar-refractivity contribution in [1.29, 1.82) is 0 Å². The maximum Gasteiger partial charge on any atom is 0.220 e. The lowest BCUT2D eigenvalue weighted by Crippen LogP contribution is -2.44. The Kier molecular flexibility index (Phi) is 5.56. The van der Waals surface area contributed by atoms with Crippen LogP contribution in [0.15, 0.2) is 24.5 Å². The van der Waals surface area contributed by atoms with Crippen LogP contribution in [0.3, 0.4) is 0 Å². The molecule has 0 aromatic carbocycles. The number of hydrogen-bond acceptors (Lipinski definition) is 4. The number of amides is 1. The van der Waals surface area contributed by atoms with Crippen LogP contribution in [0, 0.1) is 5.41 Å². The summed E-state index contributed by atoms with van der Waals surface area (Å²) in [6.45, 7) is 2.67. The average molecular weight is 292 g/mol. The maximum absolute atomic E-state index is 12.0. The van der Waals surface area contributed by atoms with Gasteiger partial charge in [-0.25, -0.2) is 0 Å². The molecular formula is C16H24N2O3. The Morgan fingerprint density at radius 1 is 1.62 bits per heavy atom. The van der Waals surface area contributed by atoms with Gasteiger partial charge in [0.2, 0.25) is 5.91 Å². The molecule has 2 rings (SSSR count). The van der Waals surface area contributed by atoms with Crippen molar-refractivity contribution in [3.05, 3.63) is 24.5 Å². The largest absolute Gasteiger partial charge is 0.492 e. The Bertz CT molecular complexity index is 452. The number of ether oxygens (including phenoxy) is 1. The van der Waals surface area contributed by atoms with Crippen LogP contribution in [0.4, 0.5) is 0 Å². The van der Waals surface area contributed by atoms with Crippen molar-refractivity contribution < 1.29 is 14.6 Å². The highest BCUT2D eigenvalue weighted by Gasteiger charge is 2.38. The lowest BCUT2D eigenvalue weighted by Gasteiger charge is -2.30. The molecule has 0 radical (unpaired) electrons. The second kappa shape index (κ2) is 7.41. The minimum atomic E-state index is -0.165. The third-order valence-electron chi connectivity index (χ3n) is 4.23. The van der Waals surface area contributed by atoms with Crippen molar-refractivity contribution in [2.75, 3.05) is 13.2 Å². The van der Waals surface area contributed by atoms with E-state index in [0.29, 0.717) is 19.4 Å². The molecule has 1 fully saturated rings. The van der Waals surface area contributed by atoms with Crippen LogP contribution in [0.2, 0.25) is 0 Å². The topological polar surface area (TPSA) is 71.5 Å². The monoisotopic (exact) mass is 292 g/mol. The van der Waals surface area contributed by atoms with Crippen LogP contribution in [0.5, 0.6) is 5.75 Å². The number of carbonyl (C=O) groups is 1. The van der Waals surface area contributed by atoms with Gasteiger partial charge in [-0.2, -0.15) is 0 Å². The Labute approximate surface area is 125 Å². The molecule has 2 atom stereocenters. The maximum atomic E-state index is 12.0. The molecule has 2 unspecified atom stereocenters. The Balaban J connectivity index is 1.66. The lowest BCUT2D eigenvalue weighted by molar-refractivity contribution is -0.122. The fourth-order valence-electron chi connectivity index (χ4n) is 2.79. The predicted octanol–water partition coefficient (Wildman–Crippen LogP) is 1.91. The summed E-state index contributed by atoms with van der Waals surface area (Å²) >= 11 is 0. The summed E-state index contributed by atoms with van der Waals surface area (Å²) in [6.07, 6.45) is 7.45. The first-order valence-electron chi connectivity index (χ1n) is 7.57. The highest BCUT2D eigenvalue weighted by Crippen LogP contribution is 2.37. The van der Waals surface area contributed by atoms with Crippen molar-refractivity contribution in [2.45, 2.75) is 45.1 Å². The highest BCUT2D eigenvalue weighted by molar-refractivity contribution is 5.76. The van der Waals surface area contributed by atoms with Crippen LogP contribution < -0.4 is 10.1 Å². The van der Waals surface area contributed by atoms with Gasteiger partial charge >= 0.3 is 0 Å². The van der Waals surface area contributed by atoms with Crippen LogP contribution in [-0.2, 0) is 4.79 Å². The van der Waals surface area contributed by atoms with E-state index in [1.807, 2.05) is 19.1 Å². The summed E-state index contributed by atoms with van der Waals surface area (Å²) in [5.74, 6) is 0.762. The van der Waals surface area contributed by atoms with Crippen LogP contribution in [0.25, 0.3) is 0 Å². The number of rotatable bonds is 7. The molecule has 1 aromatic heterocycles. The predicted molar refractivity (Wildman–Crippen MR) is 79.9 cm³/mol. The first kappa shape index (κ1) is 15.8. The second-order valence-corrected chi connectivity index (χ2v) is 5.97. The molecule has 21 heavy (non-hydrogen) atoms. The number of hydrogen-bond donors (Lipinski definition) is 2. The van der Waals surface area contributed by atoms with Gasteiger partial charge in [0.15, 0.2) is 0 Å². The van der Waals surface area contributed by atoms with Gasteiger partial charge in [-0.15, -0.1) is 0 Å². The van der Waals surface area contributed by atoms with Gasteiger partial charge in [-0.1, -0.05) is 13.3 Å². The SMILES string of the molecule is CC1(CO)CCCC1NC(=O)CCCOc1cccnc1. The number of aliphatic hydroxyl groups excluding tert-OH is 1. The van der Waals surface area contributed by atoms with E-state index >= 15 is 0 Å². The molecule has 1 saturated carbocycles. The normalized spacial score (nSPS) is 24.8. The van der Waals surface area contributed by atoms with E-state index in [1.165, 1.54) is 0 Å². The molecule has 1 amide bonds. The summed E-state index contributed by atoms with van der Waals surface area (Å²) in [5.41, 5.74) is -0.165. The highest BCUT2D eigenvalue weighted by atomic mass is 16.5. The number of pyridine rings is 1. The first-order chi connectivity index (χ1) is 10.1. The van der Waals surface area contributed by atoms with E-state index in [1.54, 1.807) is 12.4 Å². The zero-order chi connectivity index (χ0) is 15.1. The van der Waals surface area contributed by atoms with Crippen LogP contribution in [0.1, 0.15) is 39.0 Å². The second-order valence-electron chi connectivity index (χ2n) is 5.97. The summed E-state index contributed by atoms with van der Waals surface area (Å²) in [5, 5.41) is 12.5. The fraction of sp³-hybridized carbons (Fsp3) is 0.625. The number of carbonyl (C=O) groups excluding carboxylic acids is 1. The van der Waals surface area contributed by atoms with Gasteiger partial charge < -0.3 is 15.2 Å². The summed E-state index contributed by atoms with van der Waals surface area (Å²) in [7, 11) is 0. The van der Waals surface area contributed by atoms with Crippen molar-refractivity contribution in [2.24, 2.45) is 5.41 Å². The number of nitrogens with zero attached hydrogens (tertiary/aromatic N) is 1. The molecule has 1 aliphatic carbocycles. The summed E-state index contributed by atoms with van der Waals surface area (Å²) < 4.78 is 5.51. The minimum absolute atomic E-state index is 0.0383. The smallest absolute Gasteiger partial charge is 0.220 e. The third kappa shape index (κ3) is 4.43. The van der Waals surface area contributed by atoms with Gasteiger partial charge in [0.05, 0.1) is 19.4 Å². The minimum Gasteiger partial charge on any atom is -0.492 e. The molecule has 1 aliphatic rings. The molecule has 0 saturated heterocycles. The Morgan fingerprint density at radius 2 is 2.48 bits per heavy atom. The standard InChI is InChI=1S/C16H24N2O3/c1-16(12-19)8-2-6-14(16)18-15(20)7-4-10-21-13-5-3-9-17-11-13/h3,5,9,11,14,19H,2,4,6-8,10,12H2,1H3,(H,18,20). The molecule has 5 nitrogen and oxygen atoms in total. The van der Waals surface area contributed by atoms with Crippen molar-refractivity contribution in [3.8, 4) is 5.75 Å². The van der Waals surface area contributed by atoms with Gasteiger partial charge in [0, 0.05) is 24.1 Å². The van der Waals surface area contributed by atoms with Crippen molar-refractivity contribution >= 4 is 5.91 Å². The van der Waals surface area contributed by atoms with Gasteiger partial charge in [0.25, 0.3) is 0 Å². The first-order valence-corrected chi connectivity index (χ1v) is 7.57. The zero-order valence-electron chi connectivity index (χ0n) is 12.5. The number of nitrogens with one attached hydrogen (secondary N) is 1. The van der Waals surface area contributed by atoms with Crippen LogP contribution >= 0.6 is 0 Å². The fourth-order valence-corrected chi connectivity index (χ4v) is 2.79. The van der Waals surface area contributed by atoms with E-state index in [-0.39, 0.29) is 24.0 Å². The van der Waals surface area contributed by atoms with E-state index < -0.39 is 0 Å².